The van der Waals surface area contributed by atoms with Crippen molar-refractivity contribution >= 4 is 52.3 Å². The number of rotatable bonds is 5. The van der Waals surface area contributed by atoms with Crippen LogP contribution in [0, 0.1) is 6.92 Å². The Kier molecular flexibility index (Phi) is 6.74. The van der Waals surface area contributed by atoms with Crippen LogP contribution in [-0.4, -0.2) is 55.8 Å². The van der Waals surface area contributed by atoms with Crippen LogP contribution in [-0.2, 0) is 20.8 Å². The molecule has 0 spiro atoms. The number of carbonyl (C=O) groups is 3. The maximum Gasteiger partial charge on any atom is 0.283 e. The predicted molar refractivity (Wildman–Crippen MR) is 129 cm³/mol. The van der Waals surface area contributed by atoms with Crippen molar-refractivity contribution in [2.24, 2.45) is 0 Å². The van der Waals surface area contributed by atoms with Crippen molar-refractivity contribution in [3.63, 3.8) is 0 Å². The van der Waals surface area contributed by atoms with E-state index in [2.05, 4.69) is 12.4 Å². The lowest BCUT2D eigenvalue weighted by atomic mass is 10.1. The Labute approximate surface area is 202 Å². The van der Waals surface area contributed by atoms with E-state index < -0.39 is 11.8 Å². The van der Waals surface area contributed by atoms with Crippen molar-refractivity contribution in [1.29, 1.82) is 0 Å². The fourth-order valence-corrected chi connectivity index (χ4v) is 4.33. The van der Waals surface area contributed by atoms with Gasteiger partial charge in [-0.15, -0.1) is 0 Å². The summed E-state index contributed by atoms with van der Waals surface area (Å²) < 4.78 is 0. The van der Waals surface area contributed by atoms with Gasteiger partial charge in [0.2, 0.25) is 5.91 Å². The lowest BCUT2D eigenvalue weighted by molar-refractivity contribution is -0.883. The van der Waals surface area contributed by atoms with Gasteiger partial charge in [-0.3, -0.25) is 14.4 Å². The molecule has 0 bridgehead atoms. The molecule has 2 aliphatic rings. The average molecular weight is 488 g/mol. The summed E-state index contributed by atoms with van der Waals surface area (Å²) in [6, 6.07) is 12.2. The molecule has 33 heavy (non-hydrogen) atoms. The van der Waals surface area contributed by atoms with Gasteiger partial charge in [-0.05, 0) is 42.3 Å². The molecule has 0 aromatic heterocycles. The molecule has 1 saturated heterocycles. The van der Waals surface area contributed by atoms with Crippen LogP contribution in [0.3, 0.4) is 0 Å². The van der Waals surface area contributed by atoms with E-state index in [1.807, 2.05) is 17.0 Å². The zero-order valence-electron chi connectivity index (χ0n) is 18.5. The maximum absolute atomic E-state index is 13.0. The van der Waals surface area contributed by atoms with Crippen molar-refractivity contribution in [3.05, 3.63) is 69.3 Å². The number of hydrogen-bond acceptors (Lipinski definition) is 4. The molecule has 0 saturated carbocycles. The van der Waals surface area contributed by atoms with E-state index >= 15 is 0 Å². The Morgan fingerprint density at radius 2 is 1.70 bits per heavy atom. The van der Waals surface area contributed by atoms with Crippen LogP contribution in [0.2, 0.25) is 5.02 Å². The first-order valence-electron chi connectivity index (χ1n) is 10.7. The van der Waals surface area contributed by atoms with E-state index in [0.717, 1.165) is 36.6 Å². The minimum atomic E-state index is -0.606. The quantitative estimate of drug-likeness (QED) is 0.632. The second kappa shape index (κ2) is 9.55. The standard InChI is InChI=1S/C24H24Cl2N4O3/c1-15-18(25)4-3-5-19(15)30-23(32)21(26)22(24(30)33)27-17-8-6-16(7-9-17)14-20(31)29-12-10-28(2)11-13-29/h3-9,27H,10-14H2,1-2H3/p+1. The van der Waals surface area contributed by atoms with Crippen LogP contribution in [0.5, 0.6) is 0 Å². The first-order valence-corrected chi connectivity index (χ1v) is 11.5. The molecule has 0 atom stereocenters. The highest BCUT2D eigenvalue weighted by molar-refractivity contribution is 6.53. The molecule has 2 aromatic rings. The van der Waals surface area contributed by atoms with Gasteiger partial charge in [-0.2, -0.15) is 0 Å². The minimum Gasteiger partial charge on any atom is -0.350 e. The van der Waals surface area contributed by atoms with Gasteiger partial charge in [-0.25, -0.2) is 4.90 Å². The van der Waals surface area contributed by atoms with Gasteiger partial charge in [0.1, 0.15) is 10.7 Å². The third kappa shape index (κ3) is 4.76. The third-order valence-corrected chi connectivity index (χ3v) is 6.82. The largest absolute Gasteiger partial charge is 0.350 e. The fourth-order valence-electron chi connectivity index (χ4n) is 3.94. The molecule has 4 rings (SSSR count). The van der Waals surface area contributed by atoms with Crippen molar-refractivity contribution in [1.82, 2.24) is 4.90 Å². The number of imide groups is 1. The van der Waals surface area contributed by atoms with Crippen molar-refractivity contribution < 1.29 is 19.3 Å². The summed E-state index contributed by atoms with van der Waals surface area (Å²) in [5.74, 6) is -1.05. The smallest absolute Gasteiger partial charge is 0.283 e. The van der Waals surface area contributed by atoms with E-state index in [1.54, 1.807) is 37.3 Å². The molecule has 1 fully saturated rings. The monoisotopic (exact) mass is 487 g/mol. The summed E-state index contributed by atoms with van der Waals surface area (Å²) in [7, 11) is 2.13. The van der Waals surface area contributed by atoms with Gasteiger partial charge in [-0.1, -0.05) is 41.4 Å². The topological polar surface area (TPSA) is 74.2 Å². The normalized spacial score (nSPS) is 17.2. The van der Waals surface area contributed by atoms with Gasteiger partial charge in [0.05, 0.1) is 45.3 Å². The SMILES string of the molecule is Cc1c(Cl)cccc1N1C(=O)C(Cl)=C(Nc2ccc(CC(=O)N3CC[NH+](C)CC3)cc2)C1=O. The lowest BCUT2D eigenvalue weighted by Gasteiger charge is -2.30. The number of quaternary nitrogens is 1. The van der Waals surface area contributed by atoms with Gasteiger partial charge in [0.15, 0.2) is 0 Å². The van der Waals surface area contributed by atoms with Gasteiger partial charge < -0.3 is 15.1 Å². The number of carbonyl (C=O) groups excluding carboxylic acids is 3. The van der Waals surface area contributed by atoms with E-state index in [9.17, 15) is 14.4 Å². The molecule has 0 aliphatic carbocycles. The summed E-state index contributed by atoms with van der Waals surface area (Å²) in [6.45, 7) is 5.21. The highest BCUT2D eigenvalue weighted by Gasteiger charge is 2.39. The zero-order chi connectivity index (χ0) is 23.7. The van der Waals surface area contributed by atoms with Crippen LogP contribution >= 0.6 is 23.2 Å². The van der Waals surface area contributed by atoms with E-state index in [4.69, 9.17) is 23.2 Å². The van der Waals surface area contributed by atoms with Crippen molar-refractivity contribution in [2.45, 2.75) is 13.3 Å². The van der Waals surface area contributed by atoms with E-state index in [1.165, 1.54) is 4.90 Å². The second-order valence-corrected chi connectivity index (χ2v) is 9.14. The molecule has 172 valence electrons. The Bertz CT molecular complexity index is 1140. The summed E-state index contributed by atoms with van der Waals surface area (Å²) in [4.78, 5) is 42.6. The molecule has 0 unspecified atom stereocenters. The number of halogens is 2. The molecular formula is C24H25Cl2N4O3+. The number of hydrogen-bond donors (Lipinski definition) is 2. The first kappa shape index (κ1) is 23.3. The number of anilines is 2. The van der Waals surface area contributed by atoms with Crippen LogP contribution in [0.4, 0.5) is 11.4 Å². The predicted octanol–water partition coefficient (Wildman–Crippen LogP) is 1.98. The number of likely N-dealkylation sites (N-methyl/N-ethyl adjacent to an activating group) is 1. The molecule has 0 radical (unpaired) electrons. The molecule has 3 amide bonds. The Morgan fingerprint density at radius 3 is 2.36 bits per heavy atom. The molecule has 7 nitrogen and oxygen atoms in total. The van der Waals surface area contributed by atoms with Crippen LogP contribution < -0.4 is 15.1 Å². The summed E-state index contributed by atoms with van der Waals surface area (Å²) in [6.07, 6.45) is 0.321. The number of nitrogens with one attached hydrogen (secondary N) is 2. The Morgan fingerprint density at radius 1 is 1.03 bits per heavy atom. The molecule has 2 aliphatic heterocycles. The van der Waals surface area contributed by atoms with Crippen LogP contribution in [0.1, 0.15) is 11.1 Å². The Balaban J connectivity index is 1.44. The number of amides is 3. The Hall–Kier alpha value is -2.87. The minimum absolute atomic E-state index is 0.00445. The maximum atomic E-state index is 13.0. The number of nitrogens with zero attached hydrogens (tertiary/aromatic N) is 2. The zero-order valence-corrected chi connectivity index (χ0v) is 20.0. The molecule has 2 N–H and O–H groups in total. The van der Waals surface area contributed by atoms with Crippen LogP contribution in [0.15, 0.2) is 53.2 Å². The molecule has 9 heteroatoms. The highest BCUT2D eigenvalue weighted by atomic mass is 35.5. The van der Waals surface area contributed by atoms with Crippen LogP contribution in [0.25, 0.3) is 0 Å². The highest BCUT2D eigenvalue weighted by Crippen LogP contribution is 2.34. The number of benzene rings is 2. The van der Waals surface area contributed by atoms with Crippen molar-refractivity contribution in [3.8, 4) is 0 Å². The van der Waals surface area contributed by atoms with E-state index in [-0.39, 0.29) is 16.6 Å². The average Bonchev–Trinajstić information content (AvgIpc) is 3.00. The summed E-state index contributed by atoms with van der Waals surface area (Å²) in [5, 5.41) is 3.23. The molecule has 2 heterocycles. The summed E-state index contributed by atoms with van der Waals surface area (Å²) in [5.41, 5.74) is 2.48. The number of piperazine rings is 1. The van der Waals surface area contributed by atoms with Gasteiger partial charge in [0, 0.05) is 10.7 Å². The fraction of sp³-hybridized carbons (Fsp3) is 0.292. The van der Waals surface area contributed by atoms with E-state index in [0.29, 0.717) is 28.4 Å². The van der Waals surface area contributed by atoms with Gasteiger partial charge in [0.25, 0.3) is 11.8 Å². The van der Waals surface area contributed by atoms with Gasteiger partial charge >= 0.3 is 0 Å². The second-order valence-electron chi connectivity index (χ2n) is 8.36. The third-order valence-electron chi connectivity index (χ3n) is 6.06. The summed E-state index contributed by atoms with van der Waals surface area (Å²) >= 11 is 12.4. The molecular weight excluding hydrogens is 463 g/mol. The molecule has 2 aromatic carbocycles. The first-order chi connectivity index (χ1) is 15.8. The van der Waals surface area contributed by atoms with Crippen molar-refractivity contribution in [2.75, 3.05) is 43.4 Å². The lowest BCUT2D eigenvalue weighted by Crippen LogP contribution is -3.12.